The lowest BCUT2D eigenvalue weighted by Crippen LogP contribution is -2.55. The third-order valence-electron chi connectivity index (χ3n) is 8.11. The number of benzene rings is 2. The Hall–Kier alpha value is -2.82. The molecule has 2 aromatic carbocycles. The van der Waals surface area contributed by atoms with Crippen LogP contribution in [0.2, 0.25) is 0 Å². The van der Waals surface area contributed by atoms with Crippen LogP contribution < -0.4 is 5.32 Å². The Balaban J connectivity index is 0.000000795. The van der Waals surface area contributed by atoms with Gasteiger partial charge in [0.15, 0.2) is 0 Å². The van der Waals surface area contributed by atoms with E-state index in [0.717, 1.165) is 41.5 Å². The minimum absolute atomic E-state index is 0.0502. The molecule has 1 fully saturated rings. The number of alkyl carbamates (subject to hydrolysis) is 1. The van der Waals surface area contributed by atoms with Crippen LogP contribution in [-0.2, 0) is 9.53 Å². The number of carbonyl (C=O) groups excluding carboxylic acids is 1. The average Bonchev–Trinajstić information content (AvgIpc) is 3.68. The molecule has 190 valence electrons. The van der Waals surface area contributed by atoms with Crippen molar-refractivity contribution in [3.63, 3.8) is 0 Å². The minimum Gasteiger partial charge on any atom is -0.480 e. The Bertz CT molecular complexity index is 967. The van der Waals surface area contributed by atoms with Crippen LogP contribution in [0.25, 0.3) is 11.1 Å². The van der Waals surface area contributed by atoms with Crippen molar-refractivity contribution >= 4 is 12.1 Å². The van der Waals surface area contributed by atoms with Crippen LogP contribution in [0.3, 0.4) is 0 Å². The second-order valence-corrected chi connectivity index (χ2v) is 10.2. The summed E-state index contributed by atoms with van der Waals surface area (Å²) in [5.74, 6) is -0.554. The molecule has 2 aliphatic rings. The van der Waals surface area contributed by atoms with Gasteiger partial charge in [0.05, 0.1) is 0 Å². The first kappa shape index (κ1) is 26.8. The molecule has 2 aromatic rings. The molecule has 35 heavy (non-hydrogen) atoms. The highest BCUT2D eigenvalue weighted by molar-refractivity contribution is 5.82. The van der Waals surface area contributed by atoms with E-state index in [1.807, 2.05) is 31.2 Å². The number of nitrogens with one attached hydrogen (secondary N) is 1. The molecule has 2 aliphatic carbocycles. The average molecular weight is 480 g/mol. The van der Waals surface area contributed by atoms with Gasteiger partial charge in [-0.1, -0.05) is 102 Å². The Morgan fingerprint density at radius 1 is 1.00 bits per heavy atom. The second kappa shape index (κ2) is 11.7. The maximum absolute atomic E-state index is 12.7. The summed E-state index contributed by atoms with van der Waals surface area (Å²) in [5.41, 5.74) is 4.09. The summed E-state index contributed by atoms with van der Waals surface area (Å²) in [4.78, 5) is 24.9. The van der Waals surface area contributed by atoms with Crippen molar-refractivity contribution in [2.45, 2.75) is 78.7 Å². The summed E-state index contributed by atoms with van der Waals surface area (Å²) in [6, 6.07) is 15.3. The van der Waals surface area contributed by atoms with E-state index in [1.165, 1.54) is 12.8 Å². The van der Waals surface area contributed by atoms with Gasteiger partial charge in [0.1, 0.15) is 12.6 Å². The van der Waals surface area contributed by atoms with Crippen molar-refractivity contribution in [1.82, 2.24) is 5.32 Å². The summed E-state index contributed by atoms with van der Waals surface area (Å²) < 4.78 is 5.62. The Morgan fingerprint density at radius 2 is 1.51 bits per heavy atom. The quantitative estimate of drug-likeness (QED) is 0.397. The van der Waals surface area contributed by atoms with Crippen LogP contribution in [0.1, 0.15) is 83.8 Å². The molecule has 1 saturated carbocycles. The zero-order valence-electron chi connectivity index (χ0n) is 21.8. The van der Waals surface area contributed by atoms with Gasteiger partial charge in [0.2, 0.25) is 0 Å². The van der Waals surface area contributed by atoms with Gasteiger partial charge in [0.25, 0.3) is 0 Å². The zero-order valence-corrected chi connectivity index (χ0v) is 21.8. The smallest absolute Gasteiger partial charge is 0.407 e. The number of fused-ring (bicyclic) bond motifs is 3. The molecule has 2 N–H and O–H groups in total. The minimum atomic E-state index is -0.997. The Kier molecular flexibility index (Phi) is 8.98. The van der Waals surface area contributed by atoms with Gasteiger partial charge < -0.3 is 15.2 Å². The number of rotatable bonds is 9. The fourth-order valence-electron chi connectivity index (χ4n) is 5.31. The molecule has 0 radical (unpaired) electrons. The van der Waals surface area contributed by atoms with Crippen molar-refractivity contribution in [1.29, 1.82) is 0 Å². The number of carboxylic acid groups (broad SMARTS) is 1. The highest BCUT2D eigenvalue weighted by Gasteiger charge is 2.53. The number of aliphatic carboxylic acids is 1. The summed E-state index contributed by atoms with van der Waals surface area (Å²) in [6.07, 6.45) is 4.86. The van der Waals surface area contributed by atoms with Crippen LogP contribution in [0.4, 0.5) is 4.79 Å². The first-order chi connectivity index (χ1) is 16.8. The molecule has 1 amide bonds. The number of unbranched alkanes of at least 4 members (excludes halogenated alkanes) is 1. The number of ether oxygens (including phenoxy) is 1. The fraction of sp³-hybridized carbons (Fsp3) is 0.533. The number of hydrogen-bond donors (Lipinski definition) is 2. The van der Waals surface area contributed by atoms with Crippen molar-refractivity contribution < 1.29 is 19.4 Å². The third-order valence-corrected chi connectivity index (χ3v) is 8.11. The first-order valence-corrected chi connectivity index (χ1v) is 13.1. The predicted octanol–water partition coefficient (Wildman–Crippen LogP) is 7.25. The monoisotopic (exact) mass is 479 g/mol. The molecule has 3 atom stereocenters. The topological polar surface area (TPSA) is 75.6 Å². The molecule has 3 unspecified atom stereocenters. The van der Waals surface area contributed by atoms with Crippen molar-refractivity contribution in [3.8, 4) is 11.1 Å². The first-order valence-electron chi connectivity index (χ1n) is 13.1. The highest BCUT2D eigenvalue weighted by Crippen LogP contribution is 2.53. The van der Waals surface area contributed by atoms with E-state index >= 15 is 0 Å². The predicted molar refractivity (Wildman–Crippen MR) is 140 cm³/mol. The molecular weight excluding hydrogens is 438 g/mol. The van der Waals surface area contributed by atoms with E-state index < -0.39 is 23.5 Å². The molecule has 0 bridgehead atoms. The van der Waals surface area contributed by atoms with Crippen molar-refractivity contribution in [2.75, 3.05) is 6.61 Å². The SMILES string of the molecule is CCC(C)C(C)(C1CC1)C(NC(=O)OCC1c2ccccc2-c2ccccc21)C(=O)O.CCCC. The van der Waals surface area contributed by atoms with E-state index in [2.05, 4.69) is 57.3 Å². The lowest BCUT2D eigenvalue weighted by atomic mass is 9.67. The van der Waals surface area contributed by atoms with Gasteiger partial charge in [0, 0.05) is 11.3 Å². The molecule has 4 rings (SSSR count). The van der Waals surface area contributed by atoms with Gasteiger partial charge in [-0.2, -0.15) is 0 Å². The largest absolute Gasteiger partial charge is 0.480 e. The molecule has 0 spiro atoms. The molecule has 5 nitrogen and oxygen atoms in total. The number of carbonyl (C=O) groups is 2. The van der Waals surface area contributed by atoms with Crippen molar-refractivity contribution in [3.05, 3.63) is 59.7 Å². The standard InChI is InChI=1S/C26H31NO4.C4H10/c1-4-16(2)26(3,17-13-14-17)23(24(28)29)27-25(30)31-15-22-20-11-7-5-9-18(20)19-10-6-8-12-21(19)22;1-3-4-2/h5-12,16-17,22-23H,4,13-15H2,1-3H3,(H,27,30)(H,28,29);3-4H2,1-2H3. The molecule has 5 heteroatoms. The summed E-state index contributed by atoms with van der Waals surface area (Å²) in [7, 11) is 0. The highest BCUT2D eigenvalue weighted by atomic mass is 16.5. The molecular formula is C30H41NO4. The van der Waals surface area contributed by atoms with Crippen LogP contribution in [0.15, 0.2) is 48.5 Å². The molecule has 0 saturated heterocycles. The van der Waals surface area contributed by atoms with Gasteiger partial charge in [-0.3, -0.25) is 0 Å². The van der Waals surface area contributed by atoms with E-state index in [1.54, 1.807) is 0 Å². The number of hydrogen-bond acceptors (Lipinski definition) is 3. The van der Waals surface area contributed by atoms with Crippen LogP contribution >= 0.6 is 0 Å². The van der Waals surface area contributed by atoms with Gasteiger partial charge >= 0.3 is 12.1 Å². The lowest BCUT2D eigenvalue weighted by Gasteiger charge is -2.40. The second-order valence-electron chi connectivity index (χ2n) is 10.2. The number of amides is 1. The van der Waals surface area contributed by atoms with Crippen LogP contribution in [0, 0.1) is 17.3 Å². The molecule has 0 aliphatic heterocycles. The van der Waals surface area contributed by atoms with E-state index in [-0.39, 0.29) is 18.4 Å². The Labute approximate surface area is 210 Å². The van der Waals surface area contributed by atoms with E-state index in [0.29, 0.717) is 5.92 Å². The zero-order chi connectivity index (χ0) is 25.6. The van der Waals surface area contributed by atoms with Gasteiger partial charge in [-0.05, 0) is 46.9 Å². The van der Waals surface area contributed by atoms with Gasteiger partial charge in [-0.15, -0.1) is 0 Å². The van der Waals surface area contributed by atoms with Crippen LogP contribution in [0.5, 0.6) is 0 Å². The van der Waals surface area contributed by atoms with Crippen LogP contribution in [-0.4, -0.2) is 29.8 Å². The molecule has 0 heterocycles. The van der Waals surface area contributed by atoms with E-state index in [4.69, 9.17) is 4.74 Å². The molecule has 0 aromatic heterocycles. The number of carboxylic acids is 1. The fourth-order valence-corrected chi connectivity index (χ4v) is 5.31. The van der Waals surface area contributed by atoms with Gasteiger partial charge in [-0.25, -0.2) is 9.59 Å². The summed E-state index contributed by atoms with van der Waals surface area (Å²) >= 11 is 0. The maximum atomic E-state index is 12.7. The lowest BCUT2D eigenvalue weighted by molar-refractivity contribution is -0.144. The third kappa shape index (κ3) is 5.71. The maximum Gasteiger partial charge on any atom is 0.407 e. The van der Waals surface area contributed by atoms with E-state index in [9.17, 15) is 14.7 Å². The van der Waals surface area contributed by atoms with Crippen molar-refractivity contribution in [2.24, 2.45) is 17.3 Å². The summed E-state index contributed by atoms with van der Waals surface area (Å²) in [5, 5.41) is 12.7. The summed E-state index contributed by atoms with van der Waals surface area (Å²) in [6.45, 7) is 10.7. The Morgan fingerprint density at radius 3 is 1.94 bits per heavy atom. The normalized spacial score (nSPS) is 17.6.